The lowest BCUT2D eigenvalue weighted by molar-refractivity contribution is -0.140. The molecule has 0 atom stereocenters. The van der Waals surface area contributed by atoms with Crippen molar-refractivity contribution in [3.8, 4) is 0 Å². The quantitative estimate of drug-likeness (QED) is 0.516. The number of nitrogens with zero attached hydrogens (tertiary/aromatic N) is 5. The summed E-state index contributed by atoms with van der Waals surface area (Å²) in [7, 11) is 1.40. The van der Waals surface area contributed by atoms with E-state index in [9.17, 15) is 18.0 Å². The average Bonchev–Trinajstić information content (AvgIpc) is 3.33. The third kappa shape index (κ3) is 3.96. The summed E-state index contributed by atoms with van der Waals surface area (Å²) in [5, 5.41) is 10.6. The van der Waals surface area contributed by atoms with E-state index in [4.69, 9.17) is 11.6 Å². The molecule has 4 aromatic rings. The highest BCUT2D eigenvalue weighted by Gasteiger charge is 2.37. The lowest BCUT2D eigenvalue weighted by Crippen LogP contribution is -2.12. The van der Waals surface area contributed by atoms with Gasteiger partial charge in [-0.3, -0.25) is 14.8 Å². The van der Waals surface area contributed by atoms with Gasteiger partial charge in [-0.15, -0.1) is 16.4 Å². The summed E-state index contributed by atoms with van der Waals surface area (Å²) >= 11 is 6.76. The van der Waals surface area contributed by atoms with Crippen LogP contribution in [-0.2, 0) is 19.8 Å². The van der Waals surface area contributed by atoms with E-state index in [1.807, 2.05) is 12.1 Å². The SMILES string of the molecule is Cn1nc(C(F)(F)F)c2cc(C(=O)Nc3ncn(Cc4ccc(Cl)cc4)n3)sc21. The van der Waals surface area contributed by atoms with E-state index in [0.29, 0.717) is 11.6 Å². The monoisotopic (exact) mass is 440 g/mol. The van der Waals surface area contributed by atoms with Crippen LogP contribution in [0.15, 0.2) is 36.7 Å². The molecule has 3 aromatic heterocycles. The van der Waals surface area contributed by atoms with Crippen molar-refractivity contribution < 1.29 is 18.0 Å². The summed E-state index contributed by atoms with van der Waals surface area (Å²) in [6.07, 6.45) is -3.16. The highest BCUT2D eigenvalue weighted by molar-refractivity contribution is 7.20. The van der Waals surface area contributed by atoms with Crippen LogP contribution in [0, 0.1) is 0 Å². The van der Waals surface area contributed by atoms with E-state index >= 15 is 0 Å². The molecule has 0 aliphatic carbocycles. The largest absolute Gasteiger partial charge is 0.435 e. The van der Waals surface area contributed by atoms with Crippen LogP contribution in [0.3, 0.4) is 0 Å². The van der Waals surface area contributed by atoms with E-state index in [1.165, 1.54) is 24.1 Å². The number of hydrogen-bond donors (Lipinski definition) is 1. The molecule has 1 amide bonds. The van der Waals surface area contributed by atoms with Gasteiger partial charge in [0.05, 0.1) is 11.4 Å². The second-order valence-corrected chi connectivity index (χ2v) is 7.61. The summed E-state index contributed by atoms with van der Waals surface area (Å²) in [4.78, 5) is 16.8. The number of amides is 1. The molecule has 0 radical (unpaired) electrons. The van der Waals surface area contributed by atoms with Gasteiger partial charge in [-0.25, -0.2) is 9.67 Å². The zero-order valence-corrected chi connectivity index (χ0v) is 16.3. The molecule has 7 nitrogen and oxygen atoms in total. The third-order valence-corrected chi connectivity index (χ3v) is 5.48. The fraction of sp³-hybridized carbons (Fsp3) is 0.176. The first kappa shape index (κ1) is 19.4. The molecule has 12 heteroatoms. The molecule has 0 fully saturated rings. The first-order valence-corrected chi connectivity index (χ1v) is 9.39. The number of halogens is 4. The maximum absolute atomic E-state index is 13.1. The molecule has 150 valence electrons. The van der Waals surface area contributed by atoms with E-state index < -0.39 is 17.8 Å². The van der Waals surface area contributed by atoms with Crippen molar-refractivity contribution in [1.82, 2.24) is 24.5 Å². The number of thiophene rings is 1. The lowest BCUT2D eigenvalue weighted by Gasteiger charge is -2.02. The molecular weight excluding hydrogens is 429 g/mol. The molecule has 0 unspecified atom stereocenters. The number of aryl methyl sites for hydroxylation is 1. The number of carbonyl (C=O) groups excluding carboxylic acids is 1. The Labute approximate surface area is 170 Å². The minimum Gasteiger partial charge on any atom is -0.288 e. The highest BCUT2D eigenvalue weighted by atomic mass is 35.5. The van der Waals surface area contributed by atoms with Crippen molar-refractivity contribution in [2.75, 3.05) is 5.32 Å². The van der Waals surface area contributed by atoms with Crippen molar-refractivity contribution in [3.63, 3.8) is 0 Å². The van der Waals surface area contributed by atoms with Crippen LogP contribution >= 0.6 is 22.9 Å². The normalized spacial score (nSPS) is 11.9. The lowest BCUT2D eigenvalue weighted by atomic mass is 10.2. The first-order valence-electron chi connectivity index (χ1n) is 8.19. The maximum atomic E-state index is 13.1. The van der Waals surface area contributed by atoms with Crippen LogP contribution in [0.2, 0.25) is 5.02 Å². The summed E-state index contributed by atoms with van der Waals surface area (Å²) in [6, 6.07) is 8.36. The smallest absolute Gasteiger partial charge is 0.288 e. The number of hydrogen-bond acceptors (Lipinski definition) is 5. The number of anilines is 1. The average molecular weight is 441 g/mol. The Bertz CT molecular complexity index is 1190. The zero-order chi connectivity index (χ0) is 20.8. The molecule has 0 bridgehead atoms. The molecule has 29 heavy (non-hydrogen) atoms. The Balaban J connectivity index is 1.51. The van der Waals surface area contributed by atoms with E-state index in [-0.39, 0.29) is 21.0 Å². The number of aromatic nitrogens is 5. The van der Waals surface area contributed by atoms with Crippen molar-refractivity contribution >= 4 is 45.0 Å². The van der Waals surface area contributed by atoms with Crippen molar-refractivity contribution in [2.24, 2.45) is 7.05 Å². The molecule has 1 N–H and O–H groups in total. The first-order chi connectivity index (χ1) is 13.7. The van der Waals surface area contributed by atoms with Gasteiger partial charge < -0.3 is 0 Å². The molecule has 1 aromatic carbocycles. The minimum atomic E-state index is -4.60. The maximum Gasteiger partial charge on any atom is 0.435 e. The van der Waals surface area contributed by atoms with Gasteiger partial charge in [-0.1, -0.05) is 23.7 Å². The van der Waals surface area contributed by atoms with E-state index in [2.05, 4.69) is 20.5 Å². The molecular formula is C17H12ClF3N6OS. The molecule has 0 aliphatic rings. The molecule has 0 spiro atoms. The summed E-state index contributed by atoms with van der Waals surface area (Å²) in [6.45, 7) is 0.420. The summed E-state index contributed by atoms with van der Waals surface area (Å²) in [5.74, 6) is -0.542. The van der Waals surface area contributed by atoms with Gasteiger partial charge in [-0.2, -0.15) is 18.3 Å². The van der Waals surface area contributed by atoms with Crippen molar-refractivity contribution in [1.29, 1.82) is 0 Å². The number of benzene rings is 1. The fourth-order valence-electron chi connectivity index (χ4n) is 2.73. The number of alkyl halides is 3. The predicted molar refractivity (Wildman–Crippen MR) is 102 cm³/mol. The molecule has 3 heterocycles. The predicted octanol–water partition coefficient (Wildman–Crippen LogP) is 4.20. The van der Waals surface area contributed by atoms with Gasteiger partial charge in [0.1, 0.15) is 11.2 Å². The molecule has 0 aliphatic heterocycles. The van der Waals surface area contributed by atoms with Gasteiger partial charge in [0, 0.05) is 17.5 Å². The van der Waals surface area contributed by atoms with E-state index in [0.717, 1.165) is 21.6 Å². The second kappa shape index (κ2) is 7.16. The number of nitrogens with one attached hydrogen (secondary N) is 1. The molecule has 0 saturated carbocycles. The summed E-state index contributed by atoms with van der Waals surface area (Å²) in [5.41, 5.74) is -0.0791. The topological polar surface area (TPSA) is 77.6 Å². The van der Waals surface area contributed by atoms with Gasteiger partial charge in [0.15, 0.2) is 5.69 Å². The Morgan fingerprint density at radius 1 is 1.24 bits per heavy atom. The Kier molecular flexibility index (Phi) is 4.79. The van der Waals surface area contributed by atoms with Crippen LogP contribution in [0.1, 0.15) is 20.9 Å². The minimum absolute atomic E-state index is 0.0515. The third-order valence-electron chi connectivity index (χ3n) is 4.02. The second-order valence-electron chi connectivity index (χ2n) is 6.15. The number of carbonyl (C=O) groups is 1. The Morgan fingerprint density at radius 2 is 1.97 bits per heavy atom. The zero-order valence-electron chi connectivity index (χ0n) is 14.7. The van der Waals surface area contributed by atoms with Gasteiger partial charge in [0.2, 0.25) is 5.95 Å². The van der Waals surface area contributed by atoms with Crippen LogP contribution in [0.5, 0.6) is 0 Å². The number of fused-ring (bicyclic) bond motifs is 1. The molecule has 4 rings (SSSR count). The highest BCUT2D eigenvalue weighted by Crippen LogP contribution is 2.37. The molecule has 0 saturated heterocycles. The van der Waals surface area contributed by atoms with Crippen LogP contribution in [0.25, 0.3) is 10.2 Å². The summed E-state index contributed by atoms with van der Waals surface area (Å²) < 4.78 is 41.9. The van der Waals surface area contributed by atoms with Crippen LogP contribution in [0.4, 0.5) is 19.1 Å². The van der Waals surface area contributed by atoms with Crippen LogP contribution < -0.4 is 5.32 Å². The standard InChI is InChI=1S/C17H12ClF3N6OS/c1-26-15-11(13(24-26)17(19,20)21)6-12(29-15)14(28)23-16-22-8-27(25-16)7-9-2-4-10(18)5-3-9/h2-6,8H,7H2,1H3,(H,23,25,28). The number of rotatable bonds is 4. The van der Waals surface area contributed by atoms with Gasteiger partial charge >= 0.3 is 6.18 Å². The Morgan fingerprint density at radius 3 is 2.66 bits per heavy atom. The van der Waals surface area contributed by atoms with Crippen molar-refractivity contribution in [3.05, 3.63) is 57.8 Å². The van der Waals surface area contributed by atoms with E-state index in [1.54, 1.807) is 12.1 Å². The van der Waals surface area contributed by atoms with Crippen molar-refractivity contribution in [2.45, 2.75) is 12.7 Å². The fourth-order valence-corrected chi connectivity index (χ4v) is 3.82. The van der Waals surface area contributed by atoms with Gasteiger partial charge in [-0.05, 0) is 23.8 Å². The van der Waals surface area contributed by atoms with Gasteiger partial charge in [0.25, 0.3) is 5.91 Å². The Hall–Kier alpha value is -2.92. The van der Waals surface area contributed by atoms with Crippen LogP contribution in [-0.4, -0.2) is 30.5 Å².